The summed E-state index contributed by atoms with van der Waals surface area (Å²) in [5.74, 6) is 0.754. The topological polar surface area (TPSA) is 48.5 Å². The van der Waals surface area contributed by atoms with Crippen molar-refractivity contribution < 1.29 is 4.79 Å². The summed E-state index contributed by atoms with van der Waals surface area (Å²) in [4.78, 5) is 21.5. The number of carbonyl (C=O) groups excluding carboxylic acids is 1. The second kappa shape index (κ2) is 10.5. The first-order valence-corrected chi connectivity index (χ1v) is 10.7. The highest BCUT2D eigenvalue weighted by Gasteiger charge is 2.20. The molecule has 0 spiro atoms. The minimum atomic E-state index is 0.0287. The van der Waals surface area contributed by atoms with Crippen molar-refractivity contribution in [1.82, 2.24) is 20.1 Å². The van der Waals surface area contributed by atoms with Crippen LogP contribution in [0, 0.1) is 5.92 Å². The van der Waals surface area contributed by atoms with E-state index in [0.717, 1.165) is 50.4 Å². The second-order valence-corrected chi connectivity index (χ2v) is 8.50. The summed E-state index contributed by atoms with van der Waals surface area (Å²) in [7, 11) is 0. The van der Waals surface area contributed by atoms with Crippen LogP contribution in [0.4, 0.5) is 0 Å². The van der Waals surface area contributed by atoms with Crippen molar-refractivity contribution in [3.8, 4) is 0 Å². The van der Waals surface area contributed by atoms with Crippen LogP contribution in [0.5, 0.6) is 0 Å². The Morgan fingerprint density at radius 2 is 1.69 bits per heavy atom. The first-order valence-electron chi connectivity index (χ1n) is 10.7. The molecule has 1 aliphatic rings. The molecule has 0 bridgehead atoms. The van der Waals surface area contributed by atoms with Gasteiger partial charge in [0.25, 0.3) is 0 Å². The number of carbonyl (C=O) groups is 1. The molecule has 156 valence electrons. The SMILES string of the molecule is CC(C)Cc1ccc(C(C)NC(=O)CN2CCN(Cc3ccccn3)CC2)cc1. The number of nitrogens with one attached hydrogen (secondary N) is 1. The zero-order valence-electron chi connectivity index (χ0n) is 18.0. The molecule has 1 unspecified atom stereocenters. The van der Waals surface area contributed by atoms with Crippen molar-refractivity contribution in [2.24, 2.45) is 5.92 Å². The molecule has 1 aromatic heterocycles. The van der Waals surface area contributed by atoms with Gasteiger partial charge >= 0.3 is 0 Å². The average Bonchev–Trinajstić information content (AvgIpc) is 2.70. The Hall–Kier alpha value is -2.24. The highest BCUT2D eigenvalue weighted by atomic mass is 16.2. The molecule has 1 N–H and O–H groups in total. The number of pyridine rings is 1. The van der Waals surface area contributed by atoms with Gasteiger partial charge in [-0.25, -0.2) is 0 Å². The molecule has 0 radical (unpaired) electrons. The molecule has 1 aliphatic heterocycles. The van der Waals surface area contributed by atoms with E-state index in [-0.39, 0.29) is 11.9 Å². The molecule has 2 aromatic rings. The van der Waals surface area contributed by atoms with Crippen molar-refractivity contribution in [2.75, 3.05) is 32.7 Å². The van der Waals surface area contributed by atoms with E-state index < -0.39 is 0 Å². The number of rotatable bonds is 8. The minimum Gasteiger partial charge on any atom is -0.348 e. The fourth-order valence-corrected chi connectivity index (χ4v) is 3.81. The van der Waals surface area contributed by atoms with E-state index in [2.05, 4.69) is 71.2 Å². The van der Waals surface area contributed by atoms with Gasteiger partial charge in [0.15, 0.2) is 0 Å². The molecule has 29 heavy (non-hydrogen) atoms. The lowest BCUT2D eigenvalue weighted by atomic mass is 10.00. The van der Waals surface area contributed by atoms with E-state index in [1.807, 2.05) is 18.3 Å². The maximum Gasteiger partial charge on any atom is 0.234 e. The molecule has 0 aliphatic carbocycles. The van der Waals surface area contributed by atoms with Crippen LogP contribution in [0.2, 0.25) is 0 Å². The standard InChI is InChI=1S/C24H34N4O/c1-19(2)16-21-7-9-22(10-8-21)20(3)26-24(29)18-28-14-12-27(13-15-28)17-23-6-4-5-11-25-23/h4-11,19-20H,12-18H2,1-3H3,(H,26,29). The quantitative estimate of drug-likeness (QED) is 0.747. The third-order valence-corrected chi connectivity index (χ3v) is 5.45. The van der Waals surface area contributed by atoms with Gasteiger partial charge in [-0.2, -0.15) is 0 Å². The number of hydrogen-bond donors (Lipinski definition) is 1. The summed E-state index contributed by atoms with van der Waals surface area (Å²) >= 11 is 0. The average molecular weight is 395 g/mol. The largest absolute Gasteiger partial charge is 0.348 e. The van der Waals surface area contributed by atoms with Gasteiger partial charge in [0.1, 0.15) is 0 Å². The maximum absolute atomic E-state index is 12.5. The van der Waals surface area contributed by atoms with Gasteiger partial charge in [0, 0.05) is 38.9 Å². The van der Waals surface area contributed by atoms with Crippen LogP contribution in [0.3, 0.4) is 0 Å². The van der Waals surface area contributed by atoms with E-state index in [4.69, 9.17) is 0 Å². The fraction of sp³-hybridized carbons (Fsp3) is 0.500. The molecule has 5 heteroatoms. The molecule has 1 aromatic carbocycles. The Balaban J connectivity index is 1.40. The van der Waals surface area contributed by atoms with Crippen molar-refractivity contribution in [2.45, 2.75) is 39.8 Å². The van der Waals surface area contributed by atoms with Gasteiger partial charge in [-0.15, -0.1) is 0 Å². The lowest BCUT2D eigenvalue weighted by Crippen LogP contribution is -2.49. The second-order valence-electron chi connectivity index (χ2n) is 8.50. The van der Waals surface area contributed by atoms with Crippen LogP contribution in [0.15, 0.2) is 48.7 Å². The van der Waals surface area contributed by atoms with E-state index in [9.17, 15) is 4.79 Å². The highest BCUT2D eigenvalue weighted by molar-refractivity contribution is 5.78. The number of nitrogens with zero attached hydrogens (tertiary/aromatic N) is 3. The van der Waals surface area contributed by atoms with Gasteiger partial charge in [-0.1, -0.05) is 44.2 Å². The summed E-state index contributed by atoms with van der Waals surface area (Å²) in [5.41, 5.74) is 3.61. The Morgan fingerprint density at radius 1 is 1.00 bits per heavy atom. The van der Waals surface area contributed by atoms with Crippen molar-refractivity contribution >= 4 is 5.91 Å². The maximum atomic E-state index is 12.5. The smallest absolute Gasteiger partial charge is 0.234 e. The number of amides is 1. The number of hydrogen-bond acceptors (Lipinski definition) is 4. The molecule has 1 atom stereocenters. The van der Waals surface area contributed by atoms with Gasteiger partial charge in [-0.3, -0.25) is 19.6 Å². The first-order chi connectivity index (χ1) is 14.0. The van der Waals surface area contributed by atoms with Crippen molar-refractivity contribution in [3.63, 3.8) is 0 Å². The van der Waals surface area contributed by atoms with E-state index >= 15 is 0 Å². The lowest BCUT2D eigenvalue weighted by molar-refractivity contribution is -0.123. The van der Waals surface area contributed by atoms with E-state index in [1.165, 1.54) is 5.56 Å². The molecule has 0 saturated carbocycles. The normalized spacial score (nSPS) is 16.7. The zero-order chi connectivity index (χ0) is 20.6. The fourth-order valence-electron chi connectivity index (χ4n) is 3.81. The summed E-state index contributed by atoms with van der Waals surface area (Å²) in [5, 5.41) is 3.15. The van der Waals surface area contributed by atoms with Crippen molar-refractivity contribution in [3.05, 3.63) is 65.5 Å². The minimum absolute atomic E-state index is 0.0287. The zero-order valence-corrected chi connectivity index (χ0v) is 18.0. The molecular formula is C24H34N4O. The summed E-state index contributed by atoms with van der Waals surface area (Å²) in [6.45, 7) is 11.6. The third-order valence-electron chi connectivity index (χ3n) is 5.45. The summed E-state index contributed by atoms with van der Waals surface area (Å²) < 4.78 is 0. The van der Waals surface area contributed by atoms with Gasteiger partial charge in [0.05, 0.1) is 18.3 Å². The summed E-state index contributed by atoms with van der Waals surface area (Å²) in [6.07, 6.45) is 2.93. The molecular weight excluding hydrogens is 360 g/mol. The summed E-state index contributed by atoms with van der Waals surface area (Å²) in [6, 6.07) is 14.7. The molecule has 1 fully saturated rings. The number of benzene rings is 1. The Labute approximate surface area is 175 Å². The van der Waals surface area contributed by atoms with Crippen LogP contribution in [0.1, 0.15) is 43.6 Å². The van der Waals surface area contributed by atoms with E-state index in [1.54, 1.807) is 0 Å². The van der Waals surface area contributed by atoms with Crippen molar-refractivity contribution in [1.29, 1.82) is 0 Å². The Kier molecular flexibility index (Phi) is 7.78. The highest BCUT2D eigenvalue weighted by Crippen LogP contribution is 2.16. The molecule has 2 heterocycles. The van der Waals surface area contributed by atoms with Gasteiger partial charge < -0.3 is 5.32 Å². The van der Waals surface area contributed by atoms with Gasteiger partial charge in [-0.05, 0) is 42.5 Å². The molecule has 5 nitrogen and oxygen atoms in total. The lowest BCUT2D eigenvalue weighted by Gasteiger charge is -2.34. The monoisotopic (exact) mass is 394 g/mol. The van der Waals surface area contributed by atoms with Crippen LogP contribution in [0.25, 0.3) is 0 Å². The van der Waals surface area contributed by atoms with Gasteiger partial charge in [0.2, 0.25) is 5.91 Å². The predicted molar refractivity (Wildman–Crippen MR) is 117 cm³/mol. The van der Waals surface area contributed by atoms with E-state index in [0.29, 0.717) is 12.5 Å². The predicted octanol–water partition coefficient (Wildman–Crippen LogP) is 3.28. The Bertz CT molecular complexity index is 752. The van der Waals surface area contributed by atoms with Crippen LogP contribution < -0.4 is 5.32 Å². The Morgan fingerprint density at radius 3 is 2.31 bits per heavy atom. The molecule has 3 rings (SSSR count). The molecule has 1 saturated heterocycles. The number of piperazine rings is 1. The third kappa shape index (κ3) is 6.94. The molecule has 1 amide bonds. The van der Waals surface area contributed by atoms with Crippen LogP contribution in [-0.4, -0.2) is 53.4 Å². The first kappa shape index (κ1) is 21.5. The number of aromatic nitrogens is 1. The van der Waals surface area contributed by atoms with Crippen LogP contribution in [-0.2, 0) is 17.8 Å². The van der Waals surface area contributed by atoms with Crippen LogP contribution >= 0.6 is 0 Å².